The summed E-state index contributed by atoms with van der Waals surface area (Å²) in [4.78, 5) is 31.7. The Balaban J connectivity index is 1.40. The second-order valence-corrected chi connectivity index (χ2v) is 10.8. The first kappa shape index (κ1) is 26.3. The normalized spacial score (nSPS) is 11.9. The highest BCUT2D eigenvalue weighted by Gasteiger charge is 2.22. The van der Waals surface area contributed by atoms with Crippen molar-refractivity contribution in [3.63, 3.8) is 0 Å². The summed E-state index contributed by atoms with van der Waals surface area (Å²) in [7, 11) is 0. The van der Waals surface area contributed by atoms with Crippen LogP contribution in [0.5, 0.6) is 11.5 Å². The lowest BCUT2D eigenvalue weighted by Gasteiger charge is -2.19. The van der Waals surface area contributed by atoms with Gasteiger partial charge in [0.05, 0.1) is 21.8 Å². The maximum Gasteiger partial charge on any atom is 0.266 e. The summed E-state index contributed by atoms with van der Waals surface area (Å²) < 4.78 is 7.48. The van der Waals surface area contributed by atoms with Gasteiger partial charge in [-0.2, -0.15) is 0 Å². The van der Waals surface area contributed by atoms with Crippen molar-refractivity contribution in [3.8, 4) is 17.2 Å². The Morgan fingerprint density at radius 2 is 1.46 bits per heavy atom. The van der Waals surface area contributed by atoms with Crippen molar-refractivity contribution in [1.29, 1.82) is 0 Å². The molecule has 0 aliphatic rings. The van der Waals surface area contributed by atoms with Gasteiger partial charge in [-0.15, -0.1) is 0 Å². The smallest absolute Gasteiger partial charge is 0.266 e. The summed E-state index contributed by atoms with van der Waals surface area (Å²) in [5.74, 6) is 1.43. The molecule has 0 radical (unpaired) electrons. The number of aromatic nitrogens is 2. The topological polar surface area (TPSA) is 73.2 Å². The third-order valence-corrected chi connectivity index (χ3v) is 7.35. The zero-order valence-corrected chi connectivity index (χ0v) is 22.8. The molecular weight excluding hydrogens is 506 g/mol. The molecule has 0 spiro atoms. The number of hydrogen-bond acceptors (Lipinski definition) is 5. The number of anilines is 1. The standard InChI is InChI=1S/C32H29N3O3S/c1-21(2)26-13-8-10-16-29(26)35-31(37)27-14-7-9-15-28(27)34-32(35)39-22(3)30(36)33-23-17-19-25(20-18-23)38-24-11-5-4-6-12-24/h4-22H,1-3H3,(H,33,36). The summed E-state index contributed by atoms with van der Waals surface area (Å²) in [6, 6.07) is 31.9. The van der Waals surface area contributed by atoms with Gasteiger partial charge in [-0.1, -0.05) is 74.1 Å². The van der Waals surface area contributed by atoms with Gasteiger partial charge in [0.2, 0.25) is 5.91 Å². The van der Waals surface area contributed by atoms with Crippen molar-refractivity contribution in [2.45, 2.75) is 37.1 Å². The number of fused-ring (bicyclic) bond motifs is 1. The minimum Gasteiger partial charge on any atom is -0.457 e. The van der Waals surface area contributed by atoms with Crippen molar-refractivity contribution in [2.24, 2.45) is 0 Å². The van der Waals surface area contributed by atoms with Crippen LogP contribution >= 0.6 is 11.8 Å². The zero-order chi connectivity index (χ0) is 27.4. The van der Waals surface area contributed by atoms with Crippen LogP contribution in [0.15, 0.2) is 113 Å². The van der Waals surface area contributed by atoms with Crippen LogP contribution in [0.1, 0.15) is 32.3 Å². The number of benzene rings is 4. The molecule has 0 fully saturated rings. The molecule has 7 heteroatoms. The van der Waals surface area contributed by atoms with Crippen LogP contribution in [0.25, 0.3) is 16.6 Å². The van der Waals surface area contributed by atoms with Gasteiger partial charge >= 0.3 is 0 Å². The molecular formula is C32H29N3O3S. The molecule has 1 amide bonds. The zero-order valence-electron chi connectivity index (χ0n) is 22.0. The fourth-order valence-corrected chi connectivity index (χ4v) is 5.19. The first-order chi connectivity index (χ1) is 18.9. The van der Waals surface area contributed by atoms with E-state index < -0.39 is 5.25 Å². The first-order valence-electron chi connectivity index (χ1n) is 12.8. The van der Waals surface area contributed by atoms with Crippen molar-refractivity contribution >= 4 is 34.3 Å². The molecule has 0 aliphatic carbocycles. The van der Waals surface area contributed by atoms with E-state index in [2.05, 4.69) is 19.2 Å². The van der Waals surface area contributed by atoms with Crippen LogP contribution in [0, 0.1) is 0 Å². The quantitative estimate of drug-likeness (QED) is 0.165. The van der Waals surface area contributed by atoms with Crippen LogP contribution in [-0.2, 0) is 4.79 Å². The van der Waals surface area contributed by atoms with Gasteiger partial charge in [-0.3, -0.25) is 14.2 Å². The molecule has 5 rings (SSSR count). The van der Waals surface area contributed by atoms with Gasteiger partial charge in [0, 0.05) is 5.69 Å². The highest BCUT2D eigenvalue weighted by Crippen LogP contribution is 2.30. The number of hydrogen-bond donors (Lipinski definition) is 1. The number of amides is 1. The van der Waals surface area contributed by atoms with Gasteiger partial charge in [0.25, 0.3) is 5.56 Å². The number of ether oxygens (including phenoxy) is 1. The Hall–Kier alpha value is -4.36. The highest BCUT2D eigenvalue weighted by atomic mass is 32.2. The Kier molecular flexibility index (Phi) is 7.79. The molecule has 1 unspecified atom stereocenters. The molecule has 39 heavy (non-hydrogen) atoms. The van der Waals surface area contributed by atoms with Crippen LogP contribution in [0.3, 0.4) is 0 Å². The van der Waals surface area contributed by atoms with E-state index >= 15 is 0 Å². The minimum atomic E-state index is -0.518. The van der Waals surface area contributed by atoms with Crippen LogP contribution < -0.4 is 15.6 Å². The highest BCUT2D eigenvalue weighted by molar-refractivity contribution is 8.00. The van der Waals surface area contributed by atoms with Gasteiger partial charge in [-0.05, 0) is 73.0 Å². The Labute approximate surface area is 231 Å². The van der Waals surface area contributed by atoms with E-state index in [-0.39, 0.29) is 17.4 Å². The van der Waals surface area contributed by atoms with E-state index in [4.69, 9.17) is 9.72 Å². The predicted molar refractivity (Wildman–Crippen MR) is 158 cm³/mol. The molecule has 0 bridgehead atoms. The first-order valence-corrected chi connectivity index (χ1v) is 13.7. The van der Waals surface area contributed by atoms with Crippen molar-refractivity contribution in [3.05, 3.63) is 119 Å². The van der Waals surface area contributed by atoms with E-state index in [0.717, 1.165) is 17.0 Å². The van der Waals surface area contributed by atoms with Gasteiger partial charge in [0.1, 0.15) is 11.5 Å². The number of carbonyl (C=O) groups excluding carboxylic acids is 1. The lowest BCUT2D eigenvalue weighted by Crippen LogP contribution is -2.26. The van der Waals surface area contributed by atoms with Gasteiger partial charge < -0.3 is 10.1 Å². The summed E-state index contributed by atoms with van der Waals surface area (Å²) in [6.45, 7) is 6.00. The number of para-hydroxylation sites is 3. The number of thioether (sulfide) groups is 1. The third kappa shape index (κ3) is 5.89. The molecule has 1 aromatic heterocycles. The fourth-order valence-electron chi connectivity index (χ4n) is 4.27. The summed E-state index contributed by atoms with van der Waals surface area (Å²) >= 11 is 1.26. The summed E-state index contributed by atoms with van der Waals surface area (Å²) in [5, 5.41) is 3.46. The molecule has 0 aliphatic heterocycles. The lowest BCUT2D eigenvalue weighted by atomic mass is 10.0. The van der Waals surface area contributed by atoms with Crippen molar-refractivity contribution < 1.29 is 9.53 Å². The van der Waals surface area contributed by atoms with Crippen LogP contribution in [0.4, 0.5) is 5.69 Å². The van der Waals surface area contributed by atoms with Gasteiger partial charge in [-0.25, -0.2) is 4.98 Å². The summed E-state index contributed by atoms with van der Waals surface area (Å²) in [5.41, 5.74) is 2.91. The SMILES string of the molecule is CC(Sc1nc2ccccc2c(=O)n1-c1ccccc1C(C)C)C(=O)Nc1ccc(Oc2ccccc2)cc1. The Morgan fingerprint density at radius 3 is 2.21 bits per heavy atom. The van der Waals surface area contributed by atoms with E-state index in [1.54, 1.807) is 22.8 Å². The third-order valence-electron chi connectivity index (χ3n) is 6.30. The van der Waals surface area contributed by atoms with E-state index in [0.29, 0.717) is 27.5 Å². The molecule has 4 aromatic carbocycles. The van der Waals surface area contributed by atoms with E-state index in [1.807, 2.05) is 91.9 Å². The lowest BCUT2D eigenvalue weighted by molar-refractivity contribution is -0.115. The average molecular weight is 536 g/mol. The number of carbonyl (C=O) groups is 1. The molecule has 0 saturated heterocycles. The molecule has 6 nitrogen and oxygen atoms in total. The molecule has 196 valence electrons. The number of nitrogens with one attached hydrogen (secondary N) is 1. The van der Waals surface area contributed by atoms with Crippen LogP contribution in [-0.4, -0.2) is 20.7 Å². The Bertz CT molecular complexity index is 1660. The Morgan fingerprint density at radius 1 is 0.821 bits per heavy atom. The predicted octanol–water partition coefficient (Wildman–Crippen LogP) is 7.42. The second-order valence-electron chi connectivity index (χ2n) is 9.45. The molecule has 1 heterocycles. The molecule has 0 saturated carbocycles. The van der Waals surface area contributed by atoms with Crippen molar-refractivity contribution in [2.75, 3.05) is 5.32 Å². The largest absolute Gasteiger partial charge is 0.457 e. The van der Waals surface area contributed by atoms with Crippen molar-refractivity contribution in [1.82, 2.24) is 9.55 Å². The number of nitrogens with zero attached hydrogens (tertiary/aromatic N) is 2. The maximum atomic E-state index is 13.7. The second kappa shape index (κ2) is 11.6. The monoisotopic (exact) mass is 535 g/mol. The molecule has 1 N–H and O–H groups in total. The van der Waals surface area contributed by atoms with E-state index in [9.17, 15) is 9.59 Å². The molecule has 5 aromatic rings. The fraction of sp³-hybridized carbons (Fsp3) is 0.156. The number of rotatable bonds is 8. The van der Waals surface area contributed by atoms with Crippen LogP contribution in [0.2, 0.25) is 0 Å². The summed E-state index contributed by atoms with van der Waals surface area (Å²) in [6.07, 6.45) is 0. The average Bonchev–Trinajstić information content (AvgIpc) is 2.95. The van der Waals surface area contributed by atoms with Gasteiger partial charge in [0.15, 0.2) is 5.16 Å². The van der Waals surface area contributed by atoms with E-state index in [1.165, 1.54) is 11.8 Å². The molecule has 1 atom stereocenters. The minimum absolute atomic E-state index is 0.155. The maximum absolute atomic E-state index is 13.7.